The predicted octanol–water partition coefficient (Wildman–Crippen LogP) is 2.16. The molecular formula is C20H34N4O2. The molecule has 6 nitrogen and oxygen atoms in total. The molecule has 2 saturated heterocycles. The van der Waals surface area contributed by atoms with Gasteiger partial charge in [-0.3, -0.25) is 14.5 Å². The van der Waals surface area contributed by atoms with Crippen LogP contribution in [0.3, 0.4) is 0 Å². The van der Waals surface area contributed by atoms with Crippen LogP contribution in [0, 0.1) is 23.2 Å². The van der Waals surface area contributed by atoms with Crippen LogP contribution in [0.2, 0.25) is 0 Å². The highest BCUT2D eigenvalue weighted by Gasteiger charge is 2.32. The van der Waals surface area contributed by atoms with Gasteiger partial charge in [-0.1, -0.05) is 26.7 Å². The Morgan fingerprint density at radius 3 is 2.19 bits per heavy atom. The maximum absolute atomic E-state index is 12.7. The molecule has 2 aliphatic heterocycles. The van der Waals surface area contributed by atoms with Crippen molar-refractivity contribution < 1.29 is 9.59 Å². The van der Waals surface area contributed by atoms with Crippen molar-refractivity contribution in [3.05, 3.63) is 0 Å². The third-order valence-corrected chi connectivity index (χ3v) is 6.01. The Bertz CT molecular complexity index is 526. The highest BCUT2D eigenvalue weighted by molar-refractivity contribution is 5.80. The number of amides is 2. The number of nitrogens with zero attached hydrogens (tertiary/aromatic N) is 3. The van der Waals surface area contributed by atoms with Crippen molar-refractivity contribution in [2.75, 3.05) is 32.7 Å². The molecule has 146 valence electrons. The van der Waals surface area contributed by atoms with Crippen molar-refractivity contribution in [2.24, 2.45) is 11.8 Å². The Morgan fingerprint density at radius 2 is 1.69 bits per heavy atom. The second-order valence-electron chi connectivity index (χ2n) is 8.31. The van der Waals surface area contributed by atoms with Gasteiger partial charge in [0.2, 0.25) is 11.8 Å². The highest BCUT2D eigenvalue weighted by Crippen LogP contribution is 2.22. The third kappa shape index (κ3) is 5.44. The fourth-order valence-electron chi connectivity index (χ4n) is 3.72. The Hall–Kier alpha value is -1.61. The Morgan fingerprint density at radius 1 is 1.12 bits per heavy atom. The first-order chi connectivity index (χ1) is 12.4. The van der Waals surface area contributed by atoms with Crippen molar-refractivity contribution >= 4 is 11.8 Å². The van der Waals surface area contributed by atoms with Crippen LogP contribution >= 0.6 is 0 Å². The van der Waals surface area contributed by atoms with Crippen molar-refractivity contribution in [1.29, 1.82) is 5.26 Å². The van der Waals surface area contributed by atoms with Gasteiger partial charge in [0.25, 0.3) is 0 Å². The predicted molar refractivity (Wildman–Crippen MR) is 101 cm³/mol. The van der Waals surface area contributed by atoms with E-state index in [1.54, 1.807) is 6.92 Å². The van der Waals surface area contributed by atoms with E-state index in [2.05, 4.69) is 21.2 Å². The molecule has 0 aromatic heterocycles. The van der Waals surface area contributed by atoms with E-state index in [0.29, 0.717) is 12.5 Å². The van der Waals surface area contributed by atoms with Gasteiger partial charge in [-0.2, -0.15) is 5.26 Å². The molecule has 0 bridgehead atoms. The normalized spacial score (nSPS) is 22.3. The Labute approximate surface area is 157 Å². The van der Waals surface area contributed by atoms with E-state index in [1.807, 2.05) is 13.8 Å². The van der Waals surface area contributed by atoms with Crippen LogP contribution in [0.1, 0.15) is 59.3 Å². The molecule has 0 radical (unpaired) electrons. The summed E-state index contributed by atoms with van der Waals surface area (Å²) in [6.45, 7) is 9.28. The largest absolute Gasteiger partial charge is 0.342 e. The third-order valence-electron chi connectivity index (χ3n) is 6.01. The van der Waals surface area contributed by atoms with Gasteiger partial charge in [0.15, 0.2) is 0 Å². The minimum absolute atomic E-state index is 0.0495. The van der Waals surface area contributed by atoms with Crippen LogP contribution in [0.5, 0.6) is 0 Å². The molecule has 0 aromatic rings. The lowest BCUT2D eigenvalue weighted by molar-refractivity contribution is -0.137. The van der Waals surface area contributed by atoms with Gasteiger partial charge in [0.1, 0.15) is 5.54 Å². The van der Waals surface area contributed by atoms with E-state index in [-0.39, 0.29) is 17.7 Å². The number of hydrogen-bond acceptors (Lipinski definition) is 4. The summed E-state index contributed by atoms with van der Waals surface area (Å²) >= 11 is 0. The maximum Gasteiger partial charge on any atom is 0.235 e. The second-order valence-corrected chi connectivity index (χ2v) is 8.31. The fraction of sp³-hybridized carbons (Fsp3) is 0.850. The first-order valence-corrected chi connectivity index (χ1v) is 10.1. The molecule has 0 saturated carbocycles. The SMILES string of the molecule is CC(C)[C@@](C)(C#N)NC(=O)CN1CCC(C(=O)N2CCCCCC2)CC1. The van der Waals surface area contributed by atoms with E-state index >= 15 is 0 Å². The van der Waals surface area contributed by atoms with Crippen LogP contribution in [0.25, 0.3) is 0 Å². The number of hydrogen-bond donors (Lipinski definition) is 1. The van der Waals surface area contributed by atoms with Crippen molar-refractivity contribution in [3.8, 4) is 6.07 Å². The molecule has 2 fully saturated rings. The van der Waals surface area contributed by atoms with E-state index < -0.39 is 5.54 Å². The number of piperidine rings is 1. The molecule has 2 heterocycles. The van der Waals surface area contributed by atoms with Crippen LogP contribution < -0.4 is 5.32 Å². The van der Waals surface area contributed by atoms with Gasteiger partial charge in [0, 0.05) is 19.0 Å². The molecule has 2 aliphatic rings. The van der Waals surface area contributed by atoms with Crippen LogP contribution in [0.4, 0.5) is 0 Å². The highest BCUT2D eigenvalue weighted by atomic mass is 16.2. The number of rotatable bonds is 5. The number of nitriles is 1. The van der Waals surface area contributed by atoms with Crippen LogP contribution in [-0.4, -0.2) is 59.9 Å². The lowest BCUT2D eigenvalue weighted by Gasteiger charge is -2.34. The Balaban J connectivity index is 1.78. The zero-order valence-corrected chi connectivity index (χ0v) is 16.6. The molecule has 1 N–H and O–H groups in total. The smallest absolute Gasteiger partial charge is 0.235 e. The quantitative estimate of drug-likeness (QED) is 0.813. The van der Waals surface area contributed by atoms with E-state index in [1.165, 1.54) is 12.8 Å². The van der Waals surface area contributed by atoms with Crippen molar-refractivity contribution in [2.45, 2.75) is 64.8 Å². The molecule has 2 amide bonds. The first-order valence-electron chi connectivity index (χ1n) is 10.1. The molecule has 0 aliphatic carbocycles. The summed E-state index contributed by atoms with van der Waals surface area (Å²) in [7, 11) is 0. The average molecular weight is 363 g/mol. The first kappa shape index (κ1) is 20.7. The molecule has 26 heavy (non-hydrogen) atoms. The molecule has 6 heteroatoms. The molecule has 0 unspecified atom stereocenters. The van der Waals surface area contributed by atoms with Crippen LogP contribution in [-0.2, 0) is 9.59 Å². The molecule has 1 atom stereocenters. The van der Waals surface area contributed by atoms with E-state index in [0.717, 1.165) is 51.9 Å². The number of carbonyl (C=O) groups is 2. The Kier molecular flexibility index (Phi) is 7.45. The zero-order valence-electron chi connectivity index (χ0n) is 16.6. The van der Waals surface area contributed by atoms with Gasteiger partial charge in [-0.25, -0.2) is 0 Å². The summed E-state index contributed by atoms with van der Waals surface area (Å²) < 4.78 is 0. The monoisotopic (exact) mass is 362 g/mol. The van der Waals surface area contributed by atoms with Gasteiger partial charge in [-0.05, 0) is 51.6 Å². The van der Waals surface area contributed by atoms with E-state index in [9.17, 15) is 14.9 Å². The van der Waals surface area contributed by atoms with Crippen molar-refractivity contribution in [1.82, 2.24) is 15.1 Å². The average Bonchev–Trinajstić information content (AvgIpc) is 2.90. The van der Waals surface area contributed by atoms with Gasteiger partial charge in [0.05, 0.1) is 12.6 Å². The minimum atomic E-state index is -0.835. The number of nitrogens with one attached hydrogen (secondary N) is 1. The molecule has 0 spiro atoms. The standard InChI is InChI=1S/C20H34N4O2/c1-16(2)20(3,15-21)22-18(25)14-23-12-8-17(9-13-23)19(26)24-10-6-4-5-7-11-24/h16-17H,4-14H2,1-3H3,(H,22,25)/t20-/m1/s1. The summed E-state index contributed by atoms with van der Waals surface area (Å²) in [6, 6.07) is 2.21. The lowest BCUT2D eigenvalue weighted by atomic mass is 9.90. The second kappa shape index (κ2) is 9.36. The van der Waals surface area contributed by atoms with Crippen LogP contribution in [0.15, 0.2) is 0 Å². The maximum atomic E-state index is 12.7. The fourth-order valence-corrected chi connectivity index (χ4v) is 3.72. The summed E-state index contributed by atoms with van der Waals surface area (Å²) in [6.07, 6.45) is 6.35. The summed E-state index contributed by atoms with van der Waals surface area (Å²) in [5.41, 5.74) is -0.835. The molecule has 0 aromatic carbocycles. The van der Waals surface area contributed by atoms with Crippen molar-refractivity contribution in [3.63, 3.8) is 0 Å². The lowest BCUT2D eigenvalue weighted by Crippen LogP contribution is -2.53. The summed E-state index contributed by atoms with van der Waals surface area (Å²) in [5, 5.41) is 12.2. The van der Waals surface area contributed by atoms with E-state index in [4.69, 9.17) is 0 Å². The zero-order chi connectivity index (χ0) is 19.2. The molecular weight excluding hydrogens is 328 g/mol. The topological polar surface area (TPSA) is 76.4 Å². The van der Waals surface area contributed by atoms with Gasteiger partial charge >= 0.3 is 0 Å². The number of carbonyl (C=O) groups excluding carboxylic acids is 2. The summed E-state index contributed by atoms with van der Waals surface area (Å²) in [5.74, 6) is 0.355. The number of likely N-dealkylation sites (tertiary alicyclic amines) is 2. The van der Waals surface area contributed by atoms with Gasteiger partial charge < -0.3 is 10.2 Å². The summed E-state index contributed by atoms with van der Waals surface area (Å²) in [4.78, 5) is 29.2. The minimum Gasteiger partial charge on any atom is -0.342 e. The molecule has 2 rings (SSSR count). The van der Waals surface area contributed by atoms with Gasteiger partial charge in [-0.15, -0.1) is 0 Å².